The van der Waals surface area contributed by atoms with Gasteiger partial charge in [0, 0.05) is 11.6 Å². The molecule has 0 saturated carbocycles. The number of hydrogen-bond acceptors (Lipinski definition) is 7. The van der Waals surface area contributed by atoms with E-state index in [0.717, 1.165) is 17.8 Å². The predicted octanol–water partition coefficient (Wildman–Crippen LogP) is 1.41. The van der Waals surface area contributed by atoms with Crippen LogP contribution in [0.2, 0.25) is 0 Å². The second-order valence-corrected chi connectivity index (χ2v) is 5.41. The van der Waals surface area contributed by atoms with E-state index in [1.165, 1.54) is 12.1 Å². The van der Waals surface area contributed by atoms with Crippen molar-refractivity contribution < 1.29 is 9.72 Å². The van der Waals surface area contributed by atoms with E-state index < -0.39 is 10.8 Å². The van der Waals surface area contributed by atoms with E-state index >= 15 is 0 Å². The van der Waals surface area contributed by atoms with Gasteiger partial charge in [0.25, 0.3) is 5.69 Å². The largest absolute Gasteiger partial charge is 0.366 e. The first-order valence-electron chi connectivity index (χ1n) is 5.94. The molecule has 1 aromatic carbocycles. The van der Waals surface area contributed by atoms with Gasteiger partial charge in [0.05, 0.1) is 15.9 Å². The molecule has 1 aromatic heterocycles. The Morgan fingerprint density at radius 3 is 2.76 bits per heavy atom. The molecule has 0 aliphatic carbocycles. The van der Waals surface area contributed by atoms with Crippen LogP contribution in [-0.4, -0.2) is 31.0 Å². The summed E-state index contributed by atoms with van der Waals surface area (Å²) in [6, 6.07) is 4.06. The summed E-state index contributed by atoms with van der Waals surface area (Å²) in [5, 5.41) is 22.8. The van der Waals surface area contributed by atoms with Gasteiger partial charge in [0.2, 0.25) is 11.1 Å². The zero-order chi connectivity index (χ0) is 15.6. The number of benzene rings is 1. The van der Waals surface area contributed by atoms with Crippen molar-refractivity contribution in [3.05, 3.63) is 33.9 Å². The number of rotatable bonds is 5. The Hall–Kier alpha value is -2.49. The molecule has 0 radical (unpaired) electrons. The van der Waals surface area contributed by atoms with E-state index in [0.29, 0.717) is 10.1 Å². The first-order valence-corrected chi connectivity index (χ1v) is 6.75. The molecule has 10 heteroatoms. The average molecular weight is 308 g/mol. The highest BCUT2D eigenvalue weighted by atomic mass is 32.2. The van der Waals surface area contributed by atoms with Crippen LogP contribution in [0.1, 0.15) is 30.2 Å². The summed E-state index contributed by atoms with van der Waals surface area (Å²) >= 11 is 1.06. The summed E-state index contributed by atoms with van der Waals surface area (Å²) in [5.41, 5.74) is 4.99. The lowest BCUT2D eigenvalue weighted by Crippen LogP contribution is -2.11. The Balaban J connectivity index is 2.42. The van der Waals surface area contributed by atoms with Crippen LogP contribution in [0.4, 0.5) is 5.69 Å². The molecule has 21 heavy (non-hydrogen) atoms. The summed E-state index contributed by atoms with van der Waals surface area (Å²) in [6.07, 6.45) is 0. The van der Waals surface area contributed by atoms with E-state index in [1.807, 2.05) is 13.8 Å². The van der Waals surface area contributed by atoms with Crippen molar-refractivity contribution >= 4 is 23.4 Å². The van der Waals surface area contributed by atoms with E-state index in [-0.39, 0.29) is 17.3 Å². The Morgan fingerprint density at radius 2 is 2.19 bits per heavy atom. The molecule has 0 aliphatic heterocycles. The molecule has 1 amide bonds. The van der Waals surface area contributed by atoms with Gasteiger partial charge in [-0.1, -0.05) is 0 Å². The molecule has 0 atom stereocenters. The van der Waals surface area contributed by atoms with Gasteiger partial charge in [-0.3, -0.25) is 14.9 Å². The van der Waals surface area contributed by atoms with Crippen LogP contribution < -0.4 is 5.73 Å². The average Bonchev–Trinajstić information content (AvgIpc) is 2.87. The number of hydrogen-bond donors (Lipinski definition) is 1. The van der Waals surface area contributed by atoms with Crippen LogP contribution in [0.25, 0.3) is 0 Å². The van der Waals surface area contributed by atoms with Gasteiger partial charge in [-0.25, -0.2) is 4.68 Å². The molecule has 0 fully saturated rings. The van der Waals surface area contributed by atoms with Crippen molar-refractivity contribution in [2.24, 2.45) is 5.73 Å². The van der Waals surface area contributed by atoms with E-state index in [4.69, 9.17) is 5.73 Å². The second kappa shape index (κ2) is 5.87. The lowest BCUT2D eigenvalue weighted by atomic mass is 10.2. The first-order chi connectivity index (χ1) is 9.90. The Kier molecular flexibility index (Phi) is 4.17. The molecule has 9 nitrogen and oxygen atoms in total. The van der Waals surface area contributed by atoms with Crippen LogP contribution in [0.15, 0.2) is 28.3 Å². The van der Waals surface area contributed by atoms with E-state index in [1.54, 1.807) is 4.68 Å². The van der Waals surface area contributed by atoms with Crippen molar-refractivity contribution in [1.82, 2.24) is 20.2 Å². The summed E-state index contributed by atoms with van der Waals surface area (Å²) in [7, 11) is 0. The molecular weight excluding hydrogens is 296 g/mol. The summed E-state index contributed by atoms with van der Waals surface area (Å²) < 4.78 is 1.55. The zero-order valence-corrected chi connectivity index (χ0v) is 12.1. The third kappa shape index (κ3) is 3.16. The SMILES string of the molecule is CC(C)n1nnnc1Sc1ccc(C(N)=O)cc1[N+](=O)[O-]. The fourth-order valence-corrected chi connectivity index (χ4v) is 2.56. The Morgan fingerprint density at radius 1 is 1.48 bits per heavy atom. The molecule has 2 aromatic rings. The van der Waals surface area contributed by atoms with Crippen LogP contribution in [-0.2, 0) is 0 Å². The zero-order valence-electron chi connectivity index (χ0n) is 11.3. The molecule has 2 N–H and O–H groups in total. The highest BCUT2D eigenvalue weighted by Gasteiger charge is 2.20. The molecule has 0 spiro atoms. The number of amides is 1. The Labute approximate surface area is 123 Å². The fraction of sp³-hybridized carbons (Fsp3) is 0.273. The lowest BCUT2D eigenvalue weighted by Gasteiger charge is -2.07. The number of carbonyl (C=O) groups excluding carboxylic acids is 1. The minimum absolute atomic E-state index is 0.0199. The molecule has 0 saturated heterocycles. The normalized spacial score (nSPS) is 10.8. The van der Waals surface area contributed by atoms with Crippen molar-refractivity contribution in [2.45, 2.75) is 29.9 Å². The number of nitrogens with zero attached hydrogens (tertiary/aromatic N) is 5. The van der Waals surface area contributed by atoms with Gasteiger partial charge in [-0.2, -0.15) is 0 Å². The van der Waals surface area contributed by atoms with Gasteiger partial charge in [-0.05, 0) is 48.2 Å². The molecule has 1 heterocycles. The highest BCUT2D eigenvalue weighted by molar-refractivity contribution is 7.99. The molecule has 0 unspecified atom stereocenters. The fourth-order valence-electron chi connectivity index (χ4n) is 1.57. The maximum Gasteiger partial charge on any atom is 0.284 e. The third-order valence-corrected chi connectivity index (χ3v) is 3.61. The van der Waals surface area contributed by atoms with Gasteiger partial charge >= 0.3 is 0 Å². The molecule has 0 aliphatic rings. The maximum atomic E-state index is 11.1. The first kappa shape index (κ1) is 14.9. The smallest absolute Gasteiger partial charge is 0.284 e. The van der Waals surface area contributed by atoms with Crippen LogP contribution in [0.3, 0.4) is 0 Å². The van der Waals surface area contributed by atoms with Gasteiger partial charge < -0.3 is 5.73 Å². The second-order valence-electron chi connectivity index (χ2n) is 4.41. The van der Waals surface area contributed by atoms with Crippen LogP contribution in [0, 0.1) is 10.1 Å². The van der Waals surface area contributed by atoms with Gasteiger partial charge in [-0.15, -0.1) is 5.10 Å². The van der Waals surface area contributed by atoms with Crippen molar-refractivity contribution in [2.75, 3.05) is 0 Å². The lowest BCUT2D eigenvalue weighted by molar-refractivity contribution is -0.387. The molecule has 2 rings (SSSR count). The van der Waals surface area contributed by atoms with Crippen LogP contribution in [0.5, 0.6) is 0 Å². The van der Waals surface area contributed by atoms with E-state index in [9.17, 15) is 14.9 Å². The molecule has 0 bridgehead atoms. The number of nitro groups is 1. The van der Waals surface area contributed by atoms with Crippen molar-refractivity contribution in [1.29, 1.82) is 0 Å². The van der Waals surface area contributed by atoms with Gasteiger partial charge in [0.1, 0.15) is 0 Å². The number of aromatic nitrogens is 4. The van der Waals surface area contributed by atoms with Crippen molar-refractivity contribution in [3.63, 3.8) is 0 Å². The number of primary amides is 1. The topological polar surface area (TPSA) is 130 Å². The van der Waals surface area contributed by atoms with Gasteiger partial charge in [0.15, 0.2) is 0 Å². The number of carbonyl (C=O) groups is 1. The highest BCUT2D eigenvalue weighted by Crippen LogP contribution is 2.34. The number of nitro benzene ring substituents is 1. The summed E-state index contributed by atoms with van der Waals surface area (Å²) in [6.45, 7) is 3.79. The minimum atomic E-state index is -0.721. The monoisotopic (exact) mass is 308 g/mol. The molecular formula is C11H12N6O3S. The molecule has 110 valence electrons. The van der Waals surface area contributed by atoms with E-state index in [2.05, 4.69) is 15.5 Å². The number of nitrogens with two attached hydrogens (primary N) is 1. The summed E-state index contributed by atoms with van der Waals surface area (Å²) in [4.78, 5) is 22.0. The Bertz CT molecular complexity index is 699. The van der Waals surface area contributed by atoms with Crippen LogP contribution >= 0.6 is 11.8 Å². The standard InChI is InChI=1S/C11H12N6O3S/c1-6(2)16-11(13-14-15-16)21-9-4-3-7(10(12)18)5-8(9)17(19)20/h3-6H,1-2H3,(H2,12,18). The van der Waals surface area contributed by atoms with Crippen molar-refractivity contribution in [3.8, 4) is 0 Å². The third-order valence-electron chi connectivity index (χ3n) is 2.59. The maximum absolute atomic E-state index is 11.1. The predicted molar refractivity (Wildman–Crippen MR) is 73.9 cm³/mol. The quantitative estimate of drug-likeness (QED) is 0.652. The minimum Gasteiger partial charge on any atom is -0.366 e. The number of tetrazole rings is 1. The summed E-state index contributed by atoms with van der Waals surface area (Å²) in [5.74, 6) is -0.721.